The fourth-order valence-corrected chi connectivity index (χ4v) is 5.42. The summed E-state index contributed by atoms with van der Waals surface area (Å²) in [6.07, 6.45) is 9.97. The zero-order chi connectivity index (χ0) is 7.19. The van der Waals surface area contributed by atoms with Crippen LogP contribution in [0.15, 0.2) is 24.3 Å². The van der Waals surface area contributed by atoms with E-state index in [0.717, 1.165) is 6.42 Å². The summed E-state index contributed by atoms with van der Waals surface area (Å²) < 4.78 is 0.137. The third-order valence-corrected chi connectivity index (χ3v) is 8.44. The number of rotatable bonds is 1. The Hall–Kier alpha value is 0.748. The van der Waals surface area contributed by atoms with Crippen molar-refractivity contribution in [3.8, 4) is 0 Å². The Morgan fingerprint density at radius 2 is 1.90 bits per heavy atom. The van der Waals surface area contributed by atoms with Gasteiger partial charge in [-0.05, 0) is 0 Å². The van der Waals surface area contributed by atoms with E-state index in [-0.39, 0.29) is 3.80 Å². The van der Waals surface area contributed by atoms with Crippen molar-refractivity contribution in [2.45, 2.75) is 10.2 Å². The minimum absolute atomic E-state index is 0.137. The second kappa shape index (κ2) is 2.37. The molecule has 2 rings (SSSR count). The Morgan fingerprint density at radius 3 is 2.10 bits per heavy atom. The first kappa shape index (κ1) is 7.40. The maximum atomic E-state index is 5.99. The zero-order valence-electron chi connectivity index (χ0n) is 5.17. The van der Waals surface area contributed by atoms with Crippen LogP contribution < -0.4 is 0 Å². The predicted molar refractivity (Wildman–Crippen MR) is 40.8 cm³/mol. The van der Waals surface area contributed by atoms with Gasteiger partial charge >= 0.3 is 74.5 Å². The summed E-state index contributed by atoms with van der Waals surface area (Å²) in [6.45, 7) is 0. The van der Waals surface area contributed by atoms with Crippen molar-refractivity contribution in [3.05, 3.63) is 24.3 Å². The summed E-state index contributed by atoms with van der Waals surface area (Å²) in [6, 6.07) is 0. The molecule has 0 aromatic rings. The van der Waals surface area contributed by atoms with Crippen molar-refractivity contribution in [2.24, 2.45) is 5.92 Å². The molecule has 2 aliphatic rings. The molecule has 0 aromatic carbocycles. The van der Waals surface area contributed by atoms with Crippen molar-refractivity contribution in [3.63, 3.8) is 0 Å². The van der Waals surface area contributed by atoms with Gasteiger partial charge in [0.05, 0.1) is 0 Å². The summed E-state index contributed by atoms with van der Waals surface area (Å²) in [5.41, 5.74) is 0. The van der Waals surface area contributed by atoms with Crippen LogP contribution in [-0.2, 0) is 15.2 Å². The van der Waals surface area contributed by atoms with Gasteiger partial charge < -0.3 is 0 Å². The molecule has 0 N–H and O–H groups in total. The predicted octanol–water partition coefficient (Wildman–Crippen LogP) is 3.22. The van der Waals surface area contributed by atoms with Crippen LogP contribution in [0.1, 0.15) is 6.42 Å². The molecule has 0 fully saturated rings. The fraction of sp³-hybridized carbons (Fsp3) is 0.429. The molecule has 2 aliphatic carbocycles. The second-order valence-electron chi connectivity index (χ2n) is 2.62. The van der Waals surface area contributed by atoms with Gasteiger partial charge in [-0.2, -0.15) is 0 Å². The summed E-state index contributed by atoms with van der Waals surface area (Å²) >= 11 is -1.71. The molecule has 0 aliphatic heterocycles. The van der Waals surface area contributed by atoms with Gasteiger partial charge in [-0.1, -0.05) is 0 Å². The molecular formula is C7H7Cl2Pt. The van der Waals surface area contributed by atoms with Crippen LogP contribution >= 0.6 is 18.8 Å². The van der Waals surface area contributed by atoms with E-state index in [1.807, 2.05) is 0 Å². The average molecular weight is 357 g/mol. The van der Waals surface area contributed by atoms with E-state index in [1.165, 1.54) is 0 Å². The molecule has 0 spiro atoms. The zero-order valence-corrected chi connectivity index (χ0v) is 8.95. The van der Waals surface area contributed by atoms with Gasteiger partial charge in [0.1, 0.15) is 0 Å². The van der Waals surface area contributed by atoms with E-state index in [1.54, 1.807) is 0 Å². The number of hydrogen-bond acceptors (Lipinski definition) is 0. The van der Waals surface area contributed by atoms with Crippen molar-refractivity contribution in [2.75, 3.05) is 0 Å². The number of hydrogen-bond donors (Lipinski definition) is 0. The Bertz CT molecular complexity index is 194. The van der Waals surface area contributed by atoms with Crippen molar-refractivity contribution >= 4 is 18.8 Å². The molecule has 0 atom stereocenters. The van der Waals surface area contributed by atoms with Gasteiger partial charge in [-0.3, -0.25) is 0 Å². The number of halogens is 2. The van der Waals surface area contributed by atoms with Gasteiger partial charge in [0.25, 0.3) is 0 Å². The summed E-state index contributed by atoms with van der Waals surface area (Å²) in [5, 5.41) is 0. The van der Waals surface area contributed by atoms with E-state index in [0.29, 0.717) is 5.92 Å². The topological polar surface area (TPSA) is 0 Å². The first-order valence-corrected chi connectivity index (χ1v) is 9.84. The number of allylic oxidation sites excluding steroid dienone is 4. The first-order valence-electron chi connectivity index (χ1n) is 3.07. The van der Waals surface area contributed by atoms with Crippen LogP contribution in [0.3, 0.4) is 0 Å². The summed E-state index contributed by atoms with van der Waals surface area (Å²) in [7, 11) is 12.0. The Kier molecular flexibility index (Phi) is 1.75. The van der Waals surface area contributed by atoms with Crippen LogP contribution in [0.25, 0.3) is 0 Å². The van der Waals surface area contributed by atoms with Gasteiger partial charge in [0, 0.05) is 0 Å². The average Bonchev–Trinajstić information content (AvgIpc) is 2.45. The van der Waals surface area contributed by atoms with Crippen LogP contribution in [0, 0.1) is 5.92 Å². The molecule has 0 aromatic heterocycles. The molecule has 0 heterocycles. The molecule has 0 amide bonds. The van der Waals surface area contributed by atoms with Crippen LogP contribution in [0.2, 0.25) is 3.80 Å². The molecule has 2 bridgehead atoms. The third kappa shape index (κ3) is 0.931. The van der Waals surface area contributed by atoms with E-state index >= 15 is 0 Å². The van der Waals surface area contributed by atoms with E-state index in [9.17, 15) is 0 Å². The van der Waals surface area contributed by atoms with Crippen LogP contribution in [-0.4, -0.2) is 0 Å². The molecule has 0 saturated carbocycles. The van der Waals surface area contributed by atoms with Gasteiger partial charge in [-0.25, -0.2) is 0 Å². The standard InChI is InChI=1S/C7H7.2ClH.Pt/c1-2-7-4-3-6(1)5-7;;;/h1-4,6H,5H2;2*1H;/q;;;+2/p-2. The molecule has 0 radical (unpaired) electrons. The molecule has 59 valence electrons. The van der Waals surface area contributed by atoms with E-state index in [4.69, 9.17) is 18.8 Å². The molecule has 0 saturated heterocycles. The SMILES string of the molecule is [Cl][Pt]([Cl])[C]12C=CC(C=C1)C2. The quantitative estimate of drug-likeness (QED) is 0.633. The maximum absolute atomic E-state index is 5.99. The third-order valence-electron chi connectivity index (χ3n) is 1.98. The van der Waals surface area contributed by atoms with Gasteiger partial charge in [-0.15, -0.1) is 0 Å². The summed E-state index contributed by atoms with van der Waals surface area (Å²) in [4.78, 5) is 0. The normalized spacial score (nSPS) is 43.0. The van der Waals surface area contributed by atoms with Crippen molar-refractivity contribution in [1.29, 1.82) is 0 Å². The Morgan fingerprint density at radius 1 is 1.30 bits per heavy atom. The molecule has 0 nitrogen and oxygen atoms in total. The molecule has 10 heavy (non-hydrogen) atoms. The van der Waals surface area contributed by atoms with Crippen LogP contribution in [0.4, 0.5) is 0 Å². The Balaban J connectivity index is 2.31. The summed E-state index contributed by atoms with van der Waals surface area (Å²) in [5.74, 6) is 0.637. The van der Waals surface area contributed by atoms with Gasteiger partial charge in [0.2, 0.25) is 0 Å². The van der Waals surface area contributed by atoms with Crippen molar-refractivity contribution < 1.29 is 15.2 Å². The molecular weight excluding hydrogens is 350 g/mol. The monoisotopic (exact) mass is 356 g/mol. The van der Waals surface area contributed by atoms with E-state index < -0.39 is 15.2 Å². The first-order chi connectivity index (χ1) is 4.73. The van der Waals surface area contributed by atoms with E-state index in [2.05, 4.69) is 24.3 Å². The van der Waals surface area contributed by atoms with Crippen LogP contribution in [0.5, 0.6) is 0 Å². The Labute approximate surface area is 74.3 Å². The van der Waals surface area contributed by atoms with Crippen molar-refractivity contribution in [1.82, 2.24) is 0 Å². The second-order valence-corrected chi connectivity index (χ2v) is 10.8. The molecule has 3 heteroatoms. The molecule has 0 unspecified atom stereocenters. The van der Waals surface area contributed by atoms with Gasteiger partial charge in [0.15, 0.2) is 0 Å². The number of fused-ring (bicyclic) bond motifs is 2. The fourth-order valence-electron chi connectivity index (χ4n) is 1.42. The minimum atomic E-state index is -1.71.